The van der Waals surface area contributed by atoms with Gasteiger partial charge in [0.25, 0.3) is 10.2 Å². The number of nitrogens with zero attached hydrogens (tertiary/aromatic N) is 2. The summed E-state index contributed by atoms with van der Waals surface area (Å²) >= 11 is 0. The van der Waals surface area contributed by atoms with Crippen molar-refractivity contribution in [1.29, 1.82) is 0 Å². The van der Waals surface area contributed by atoms with E-state index in [1.165, 1.54) is 0 Å². The van der Waals surface area contributed by atoms with Gasteiger partial charge in [0.15, 0.2) is 0 Å². The molecule has 0 amide bonds. The maximum absolute atomic E-state index is 12.9. The Morgan fingerprint density at radius 3 is 2.48 bits per heavy atom. The van der Waals surface area contributed by atoms with E-state index in [4.69, 9.17) is 0 Å². The Labute approximate surface area is 155 Å². The minimum atomic E-state index is -4.58. The van der Waals surface area contributed by atoms with Crippen LogP contribution >= 0.6 is 0 Å². The van der Waals surface area contributed by atoms with Crippen molar-refractivity contribution < 1.29 is 21.6 Å². The first-order valence-electron chi connectivity index (χ1n) is 8.88. The summed E-state index contributed by atoms with van der Waals surface area (Å²) < 4.78 is 66.6. The van der Waals surface area contributed by atoms with Gasteiger partial charge in [-0.1, -0.05) is 23.4 Å². The zero-order chi connectivity index (χ0) is 19.4. The van der Waals surface area contributed by atoms with Gasteiger partial charge in [-0.25, -0.2) is 0 Å². The molecule has 2 aliphatic carbocycles. The second-order valence-electron chi connectivity index (χ2n) is 7.80. The van der Waals surface area contributed by atoms with Gasteiger partial charge >= 0.3 is 6.18 Å². The van der Waals surface area contributed by atoms with Crippen LogP contribution < -0.4 is 4.72 Å². The zero-order valence-corrected chi connectivity index (χ0v) is 15.3. The predicted octanol–water partition coefficient (Wildman–Crippen LogP) is 2.53. The van der Waals surface area contributed by atoms with E-state index in [1.807, 2.05) is 18.2 Å². The summed E-state index contributed by atoms with van der Waals surface area (Å²) in [4.78, 5) is 10.5. The third kappa shape index (κ3) is 3.27. The maximum Gasteiger partial charge on any atom is 0.402 e. The van der Waals surface area contributed by atoms with Crippen molar-refractivity contribution >= 4 is 10.2 Å². The van der Waals surface area contributed by atoms with Gasteiger partial charge < -0.3 is 0 Å². The third-order valence-corrected chi connectivity index (χ3v) is 7.80. The minimum absolute atomic E-state index is 0.0493. The molecule has 10 heteroatoms. The van der Waals surface area contributed by atoms with E-state index < -0.39 is 28.5 Å². The lowest BCUT2D eigenvalue weighted by atomic mass is 9.79. The van der Waals surface area contributed by atoms with Crippen molar-refractivity contribution in [2.24, 2.45) is 17.0 Å². The first-order chi connectivity index (χ1) is 12.6. The van der Waals surface area contributed by atoms with Gasteiger partial charge in [0, 0.05) is 6.54 Å². The Hall–Kier alpha value is -1.52. The molecule has 2 bridgehead atoms. The first kappa shape index (κ1) is 18.8. The molecule has 1 saturated heterocycles. The van der Waals surface area contributed by atoms with Crippen LogP contribution in [0.4, 0.5) is 13.2 Å². The summed E-state index contributed by atoms with van der Waals surface area (Å²) in [6, 6.07) is 5.68. The molecule has 1 saturated carbocycles. The van der Waals surface area contributed by atoms with Crippen LogP contribution in [0.2, 0.25) is 0 Å². The van der Waals surface area contributed by atoms with E-state index in [1.54, 1.807) is 0 Å². The van der Waals surface area contributed by atoms with Gasteiger partial charge in [0.2, 0.25) is 0 Å². The van der Waals surface area contributed by atoms with Crippen LogP contribution in [0.5, 0.6) is 0 Å². The van der Waals surface area contributed by atoms with Crippen LogP contribution in [-0.2, 0) is 29.6 Å². The standard InChI is InChI=1S/C17H20F3N3O3S/c18-17(19,20)10-23-9-16(22-27(23,25)26)14-3-4-15(16)7-13-5-11(8-21-24)1-2-12(13)6-14/h1-2,5,14-15,22H,3-4,6-10H2/t14-,15+,16+/m0/s1. The number of halogens is 3. The third-order valence-electron chi connectivity index (χ3n) is 6.22. The number of hydrogen-bond acceptors (Lipinski definition) is 4. The molecule has 0 unspecified atom stereocenters. The molecule has 3 aliphatic rings. The molecule has 0 radical (unpaired) electrons. The summed E-state index contributed by atoms with van der Waals surface area (Å²) in [6.07, 6.45) is -1.83. The number of nitroso groups, excluding NO2 is 1. The molecule has 27 heavy (non-hydrogen) atoms. The molecule has 1 N–H and O–H groups in total. The van der Waals surface area contributed by atoms with Crippen molar-refractivity contribution in [3.63, 3.8) is 0 Å². The first-order valence-corrected chi connectivity index (χ1v) is 10.3. The maximum atomic E-state index is 12.9. The fourth-order valence-electron chi connectivity index (χ4n) is 5.07. The van der Waals surface area contributed by atoms with Crippen LogP contribution in [0, 0.1) is 16.7 Å². The highest BCUT2D eigenvalue weighted by Gasteiger charge is 2.60. The molecular weight excluding hydrogens is 383 g/mol. The van der Waals surface area contributed by atoms with Crippen LogP contribution in [0.1, 0.15) is 29.5 Å². The fourth-order valence-corrected chi connectivity index (χ4v) is 6.78. The molecule has 1 aromatic rings. The van der Waals surface area contributed by atoms with Gasteiger partial charge in [0.1, 0.15) is 13.1 Å². The van der Waals surface area contributed by atoms with Gasteiger partial charge in [-0.05, 0) is 54.2 Å². The van der Waals surface area contributed by atoms with Crippen molar-refractivity contribution in [3.8, 4) is 0 Å². The average molecular weight is 403 g/mol. The molecular formula is C17H20F3N3O3S. The topological polar surface area (TPSA) is 78.8 Å². The fraction of sp³-hybridized carbons (Fsp3) is 0.647. The Balaban J connectivity index is 1.67. The molecule has 0 aromatic heterocycles. The van der Waals surface area contributed by atoms with E-state index >= 15 is 0 Å². The number of hydrogen-bond donors (Lipinski definition) is 1. The Morgan fingerprint density at radius 1 is 1.19 bits per heavy atom. The Bertz CT molecular complexity index is 874. The molecule has 1 aromatic carbocycles. The van der Waals surface area contributed by atoms with Crippen molar-refractivity contribution in [1.82, 2.24) is 9.03 Å². The van der Waals surface area contributed by atoms with E-state index in [2.05, 4.69) is 9.90 Å². The number of benzene rings is 1. The van der Waals surface area contributed by atoms with Crippen LogP contribution in [0.15, 0.2) is 23.4 Å². The van der Waals surface area contributed by atoms with E-state index in [9.17, 15) is 26.5 Å². The normalized spacial score (nSPS) is 32.4. The molecule has 2 fully saturated rings. The van der Waals surface area contributed by atoms with Crippen LogP contribution in [0.25, 0.3) is 0 Å². The largest absolute Gasteiger partial charge is 0.402 e. The number of nitrogens with one attached hydrogen (secondary N) is 1. The summed E-state index contributed by atoms with van der Waals surface area (Å²) in [6.45, 7) is -1.55. The number of rotatable bonds is 3. The van der Waals surface area contributed by atoms with Gasteiger partial charge in [-0.3, -0.25) is 0 Å². The summed E-state index contributed by atoms with van der Waals surface area (Å²) in [5.41, 5.74) is 2.04. The van der Waals surface area contributed by atoms with Crippen LogP contribution in [0.3, 0.4) is 0 Å². The van der Waals surface area contributed by atoms with Crippen molar-refractivity contribution in [2.45, 2.75) is 43.9 Å². The Kier molecular flexibility index (Phi) is 4.36. The smallest absolute Gasteiger partial charge is 0.195 e. The molecule has 4 rings (SSSR count). The quantitative estimate of drug-likeness (QED) is 0.788. The molecule has 1 aliphatic heterocycles. The second-order valence-corrected chi connectivity index (χ2v) is 9.47. The summed E-state index contributed by atoms with van der Waals surface area (Å²) in [7, 11) is -4.17. The van der Waals surface area contributed by atoms with Crippen molar-refractivity contribution in [3.05, 3.63) is 39.8 Å². The zero-order valence-electron chi connectivity index (χ0n) is 14.5. The van der Waals surface area contributed by atoms with E-state index in [0.717, 1.165) is 29.5 Å². The summed E-state index contributed by atoms with van der Waals surface area (Å²) in [5, 5.41) is 2.91. The lowest BCUT2D eigenvalue weighted by Crippen LogP contribution is -2.52. The highest BCUT2D eigenvalue weighted by atomic mass is 32.2. The summed E-state index contributed by atoms with van der Waals surface area (Å²) in [5.74, 6) is -0.122. The number of alkyl halides is 3. The average Bonchev–Trinajstić information content (AvgIpc) is 2.92. The van der Waals surface area contributed by atoms with Gasteiger partial charge in [-0.2, -0.15) is 35.5 Å². The highest BCUT2D eigenvalue weighted by Crippen LogP contribution is 2.50. The van der Waals surface area contributed by atoms with E-state index in [-0.39, 0.29) is 24.9 Å². The van der Waals surface area contributed by atoms with E-state index in [0.29, 0.717) is 17.1 Å². The molecule has 1 heterocycles. The molecule has 3 atom stereocenters. The monoisotopic (exact) mass is 403 g/mol. The van der Waals surface area contributed by atoms with Crippen molar-refractivity contribution in [2.75, 3.05) is 13.1 Å². The molecule has 6 nitrogen and oxygen atoms in total. The highest BCUT2D eigenvalue weighted by molar-refractivity contribution is 7.87. The van der Waals surface area contributed by atoms with Crippen LogP contribution in [-0.4, -0.2) is 37.5 Å². The van der Waals surface area contributed by atoms with Gasteiger partial charge in [0.05, 0.1) is 5.54 Å². The van der Waals surface area contributed by atoms with Gasteiger partial charge in [-0.15, -0.1) is 0 Å². The SMILES string of the molecule is O=NCc1ccc2c(c1)C[C@H]1CC[C@@H](C2)[C@]12CN(CC(F)(F)F)S(=O)(=O)N2. The molecule has 1 spiro atoms. The molecule has 148 valence electrons. The second kappa shape index (κ2) is 6.25. The number of fused-ring (bicyclic) bond motifs is 1. The lowest BCUT2D eigenvalue weighted by Gasteiger charge is -2.33. The predicted molar refractivity (Wildman–Crippen MR) is 92.0 cm³/mol. The lowest BCUT2D eigenvalue weighted by molar-refractivity contribution is -0.136. The Morgan fingerprint density at radius 2 is 1.85 bits per heavy atom. The minimum Gasteiger partial charge on any atom is -0.195 e.